The van der Waals surface area contributed by atoms with Gasteiger partial charge >= 0.3 is 0 Å². The number of hydrogen-bond acceptors (Lipinski definition) is 8. The van der Waals surface area contributed by atoms with E-state index in [2.05, 4.69) is 15.0 Å². The van der Waals surface area contributed by atoms with Crippen LogP contribution in [-0.4, -0.2) is 44.9 Å². The molecule has 0 saturated carbocycles. The topological polar surface area (TPSA) is 101 Å². The fraction of sp³-hybridized carbons (Fsp3) is 0.261. The van der Waals surface area contributed by atoms with E-state index in [0.29, 0.717) is 40.8 Å². The molecule has 32 heavy (non-hydrogen) atoms. The molecular weight excluding hydrogens is 412 g/mol. The lowest BCUT2D eigenvalue weighted by atomic mass is 10.0. The largest absolute Gasteiger partial charge is 0.493 e. The summed E-state index contributed by atoms with van der Waals surface area (Å²) in [7, 11) is 3.16. The van der Waals surface area contributed by atoms with Gasteiger partial charge in [-0.05, 0) is 42.8 Å². The molecule has 0 bridgehead atoms. The van der Waals surface area contributed by atoms with E-state index in [9.17, 15) is 5.11 Å². The van der Waals surface area contributed by atoms with Gasteiger partial charge in [0.2, 0.25) is 11.6 Å². The van der Waals surface area contributed by atoms with Crippen molar-refractivity contribution in [1.82, 2.24) is 19.5 Å². The number of aromatic nitrogens is 4. The Morgan fingerprint density at radius 1 is 1.09 bits per heavy atom. The van der Waals surface area contributed by atoms with Crippen LogP contribution in [0.3, 0.4) is 0 Å². The summed E-state index contributed by atoms with van der Waals surface area (Å²) in [4.78, 5) is 12.8. The Balaban J connectivity index is 1.48. The average Bonchev–Trinajstić information content (AvgIpc) is 3.13. The Bertz CT molecular complexity index is 1270. The fourth-order valence-corrected chi connectivity index (χ4v) is 3.86. The summed E-state index contributed by atoms with van der Waals surface area (Å²) >= 11 is 0. The molecule has 0 aliphatic carbocycles. The number of imidazole rings is 1. The maximum absolute atomic E-state index is 10.3. The zero-order valence-corrected chi connectivity index (χ0v) is 17.8. The number of pyridine rings is 2. The lowest BCUT2D eigenvalue weighted by molar-refractivity contribution is 0.0277. The van der Waals surface area contributed by atoms with Gasteiger partial charge in [-0.15, -0.1) is 0 Å². The molecule has 0 unspecified atom stereocenters. The molecule has 3 aromatic heterocycles. The van der Waals surface area contributed by atoms with E-state index in [1.807, 2.05) is 25.1 Å². The lowest BCUT2D eigenvalue weighted by Gasteiger charge is -2.33. The number of benzene rings is 1. The smallest absolute Gasteiger partial charge is 0.296 e. The summed E-state index contributed by atoms with van der Waals surface area (Å²) < 4.78 is 24.9. The minimum Gasteiger partial charge on any atom is -0.493 e. The highest BCUT2D eigenvalue weighted by atomic mass is 16.6. The Kier molecular flexibility index (Phi) is 4.93. The normalized spacial score (nSPS) is 17.3. The minimum atomic E-state index is -0.355. The molecular formula is C23H22N4O5. The van der Waals surface area contributed by atoms with Crippen LogP contribution < -0.4 is 18.9 Å². The van der Waals surface area contributed by atoms with E-state index >= 15 is 0 Å². The predicted octanol–water partition coefficient (Wildman–Crippen LogP) is 3.50. The molecule has 164 valence electrons. The molecule has 9 nitrogen and oxygen atoms in total. The molecule has 0 saturated heterocycles. The number of fused-ring (bicyclic) bond motifs is 2. The zero-order valence-electron chi connectivity index (χ0n) is 17.8. The van der Waals surface area contributed by atoms with Crippen LogP contribution in [0.4, 0.5) is 0 Å². The molecule has 1 aliphatic heterocycles. The molecule has 1 N–H and O–H groups in total. The second-order valence-electron chi connectivity index (χ2n) is 7.46. The zero-order chi connectivity index (χ0) is 22.2. The highest BCUT2D eigenvalue weighted by molar-refractivity contribution is 5.72. The van der Waals surface area contributed by atoms with Crippen molar-refractivity contribution in [3.63, 3.8) is 0 Å². The highest BCUT2D eigenvalue weighted by Crippen LogP contribution is 2.46. The standard InChI is InChI=1S/C23H22N4O5/c1-13-20(15-6-7-19(30-3)25-11-15)32-21-17(29-2)9-14(10-18(21)31-13)12-27-22-16(26-23(27)28)5-4-8-24-22/h4-11,13,20H,12H2,1-3H3,(H,26,28)/t13-,20+/m0/s1. The third kappa shape index (κ3) is 3.41. The van der Waals surface area contributed by atoms with E-state index in [4.69, 9.17) is 18.9 Å². The molecule has 0 spiro atoms. The molecule has 1 aliphatic rings. The van der Waals surface area contributed by atoms with Crippen molar-refractivity contribution < 1.29 is 24.1 Å². The molecule has 4 aromatic rings. The molecule has 1 aromatic carbocycles. The number of hydrogen-bond donors (Lipinski definition) is 1. The minimum absolute atomic E-state index is 0.104. The fourth-order valence-electron chi connectivity index (χ4n) is 3.86. The molecule has 0 fully saturated rings. The highest BCUT2D eigenvalue weighted by Gasteiger charge is 2.32. The van der Waals surface area contributed by atoms with Crippen molar-refractivity contribution in [1.29, 1.82) is 0 Å². The molecule has 0 amide bonds. The maximum atomic E-state index is 10.3. The van der Waals surface area contributed by atoms with Crippen LogP contribution in [0, 0.1) is 0 Å². The summed E-state index contributed by atoms with van der Waals surface area (Å²) in [6.07, 6.45) is 2.77. The van der Waals surface area contributed by atoms with Gasteiger partial charge in [-0.25, -0.2) is 9.97 Å². The monoisotopic (exact) mass is 434 g/mol. The van der Waals surface area contributed by atoms with Crippen LogP contribution in [0.15, 0.2) is 48.8 Å². The van der Waals surface area contributed by atoms with Gasteiger partial charge in [-0.3, -0.25) is 4.57 Å². The van der Waals surface area contributed by atoms with Crippen molar-refractivity contribution in [2.75, 3.05) is 14.2 Å². The lowest BCUT2D eigenvalue weighted by Crippen LogP contribution is -2.31. The van der Waals surface area contributed by atoms with Crippen molar-refractivity contribution in [2.24, 2.45) is 0 Å². The van der Waals surface area contributed by atoms with E-state index in [-0.39, 0.29) is 18.2 Å². The first kappa shape index (κ1) is 19.9. The van der Waals surface area contributed by atoms with Crippen LogP contribution in [0.1, 0.15) is 24.2 Å². The van der Waals surface area contributed by atoms with Gasteiger partial charge in [0.05, 0.1) is 20.8 Å². The van der Waals surface area contributed by atoms with Gasteiger partial charge in [-0.2, -0.15) is 4.98 Å². The Morgan fingerprint density at radius 3 is 2.72 bits per heavy atom. The summed E-state index contributed by atoms with van der Waals surface area (Å²) in [6.45, 7) is 2.28. The first-order chi connectivity index (χ1) is 15.6. The van der Waals surface area contributed by atoms with E-state index in [1.165, 1.54) is 0 Å². The quantitative estimate of drug-likeness (QED) is 0.509. The first-order valence-corrected chi connectivity index (χ1v) is 10.1. The van der Waals surface area contributed by atoms with Gasteiger partial charge < -0.3 is 24.1 Å². The summed E-state index contributed by atoms with van der Waals surface area (Å²) in [6, 6.07) is 10.9. The summed E-state index contributed by atoms with van der Waals surface area (Å²) in [5.41, 5.74) is 2.94. The molecule has 0 radical (unpaired) electrons. The number of rotatable bonds is 5. The number of nitrogens with zero attached hydrogens (tertiary/aromatic N) is 4. The third-order valence-electron chi connectivity index (χ3n) is 5.41. The number of methoxy groups -OCH3 is 2. The number of aromatic hydroxyl groups is 1. The average molecular weight is 434 g/mol. The van der Waals surface area contributed by atoms with Crippen molar-refractivity contribution in [3.05, 3.63) is 59.9 Å². The SMILES string of the molecule is COc1ccc([C@@H]2Oc3c(OC)cc(Cn4c(O)nc5cccnc54)cc3O[C@H]2C)cn1. The van der Waals surface area contributed by atoms with Crippen LogP contribution >= 0.6 is 0 Å². The van der Waals surface area contributed by atoms with Crippen LogP contribution in [0.2, 0.25) is 0 Å². The molecule has 4 heterocycles. The Hall–Kier alpha value is -4.01. The van der Waals surface area contributed by atoms with Crippen molar-refractivity contribution in [2.45, 2.75) is 25.7 Å². The molecule has 5 rings (SSSR count). The van der Waals surface area contributed by atoms with Crippen molar-refractivity contribution >= 4 is 11.2 Å². The van der Waals surface area contributed by atoms with E-state index < -0.39 is 0 Å². The predicted molar refractivity (Wildman–Crippen MR) is 116 cm³/mol. The van der Waals surface area contributed by atoms with Gasteiger partial charge in [0.15, 0.2) is 23.3 Å². The van der Waals surface area contributed by atoms with Gasteiger partial charge in [0.1, 0.15) is 11.6 Å². The summed E-state index contributed by atoms with van der Waals surface area (Å²) in [5.74, 6) is 2.16. The maximum Gasteiger partial charge on any atom is 0.296 e. The Morgan fingerprint density at radius 2 is 1.97 bits per heavy atom. The number of ether oxygens (including phenoxy) is 4. The van der Waals surface area contributed by atoms with E-state index in [0.717, 1.165) is 11.1 Å². The second kappa shape index (κ2) is 7.92. The first-order valence-electron chi connectivity index (χ1n) is 10.1. The van der Waals surface area contributed by atoms with Crippen molar-refractivity contribution in [3.8, 4) is 29.1 Å². The second-order valence-corrected chi connectivity index (χ2v) is 7.46. The van der Waals surface area contributed by atoms with Gasteiger partial charge in [0, 0.05) is 24.0 Å². The van der Waals surface area contributed by atoms with Gasteiger partial charge in [-0.1, -0.05) is 0 Å². The third-order valence-corrected chi connectivity index (χ3v) is 5.41. The molecule has 9 heteroatoms. The Labute approximate surface area is 184 Å². The van der Waals surface area contributed by atoms with Crippen LogP contribution in [0.5, 0.6) is 29.1 Å². The van der Waals surface area contributed by atoms with E-state index in [1.54, 1.807) is 49.4 Å². The molecule has 2 atom stereocenters. The van der Waals surface area contributed by atoms with Crippen LogP contribution in [0.25, 0.3) is 11.2 Å². The van der Waals surface area contributed by atoms with Crippen LogP contribution in [-0.2, 0) is 6.54 Å². The summed E-state index contributed by atoms with van der Waals surface area (Å²) in [5, 5.41) is 10.3. The van der Waals surface area contributed by atoms with Gasteiger partial charge in [0.25, 0.3) is 6.01 Å².